The first kappa shape index (κ1) is 9.85. The van der Waals surface area contributed by atoms with Crippen LogP contribution in [-0.4, -0.2) is 4.98 Å². The van der Waals surface area contributed by atoms with Crippen molar-refractivity contribution in [3.05, 3.63) is 66.2 Å². The number of furan rings is 1. The fraction of sp³-hybridized carbons (Fsp3) is 0. The van der Waals surface area contributed by atoms with Crippen molar-refractivity contribution in [1.82, 2.24) is 4.98 Å². The van der Waals surface area contributed by atoms with Gasteiger partial charge in [-0.25, -0.2) is 0 Å². The zero-order valence-electron chi connectivity index (χ0n) is 9.21. The predicted octanol–water partition coefficient (Wildman–Crippen LogP) is 4.00. The molecule has 2 heteroatoms. The summed E-state index contributed by atoms with van der Waals surface area (Å²) >= 11 is 0. The average Bonchev–Trinajstić information content (AvgIpc) is 2.80. The van der Waals surface area contributed by atoms with Crippen LogP contribution in [0.5, 0.6) is 0 Å². The summed E-state index contributed by atoms with van der Waals surface area (Å²) in [5.41, 5.74) is 1.98. The summed E-state index contributed by atoms with van der Waals surface area (Å²) in [6.45, 7) is 0. The van der Waals surface area contributed by atoms with E-state index in [0.717, 1.165) is 22.3 Å². The van der Waals surface area contributed by atoms with E-state index in [0.29, 0.717) is 0 Å². The monoisotopic (exact) mass is 221 g/mol. The number of rotatable bonds is 2. The molecule has 0 fully saturated rings. The quantitative estimate of drug-likeness (QED) is 0.653. The van der Waals surface area contributed by atoms with Gasteiger partial charge in [0.1, 0.15) is 11.3 Å². The fourth-order valence-corrected chi connectivity index (χ4v) is 1.74. The van der Waals surface area contributed by atoms with E-state index in [1.165, 1.54) is 0 Å². The molecule has 2 nitrogen and oxygen atoms in total. The molecule has 0 aliphatic heterocycles. The topological polar surface area (TPSA) is 26.0 Å². The lowest BCUT2D eigenvalue weighted by molar-refractivity contribution is 0.604. The number of hydrogen-bond acceptors (Lipinski definition) is 2. The number of pyridine rings is 1. The predicted molar refractivity (Wildman–Crippen MR) is 69.4 cm³/mol. The van der Waals surface area contributed by atoms with E-state index in [9.17, 15) is 0 Å². The Morgan fingerprint density at radius 1 is 1.00 bits per heavy atom. The van der Waals surface area contributed by atoms with Gasteiger partial charge in [-0.15, -0.1) is 0 Å². The second-order valence-electron chi connectivity index (χ2n) is 3.81. The third kappa shape index (κ3) is 2.11. The highest BCUT2D eigenvalue weighted by molar-refractivity contribution is 5.81. The van der Waals surface area contributed by atoms with Crippen LogP contribution in [-0.2, 0) is 0 Å². The van der Waals surface area contributed by atoms with Crippen molar-refractivity contribution in [2.45, 2.75) is 0 Å². The summed E-state index contributed by atoms with van der Waals surface area (Å²) < 4.78 is 5.68. The summed E-state index contributed by atoms with van der Waals surface area (Å²) in [7, 11) is 0. The summed E-state index contributed by atoms with van der Waals surface area (Å²) in [5, 5.41) is 1.12. The average molecular weight is 221 g/mol. The molecule has 3 aromatic rings. The minimum atomic E-state index is 0.857. The molecule has 0 N–H and O–H groups in total. The highest BCUT2D eigenvalue weighted by Crippen LogP contribution is 2.20. The van der Waals surface area contributed by atoms with Gasteiger partial charge in [0.25, 0.3) is 0 Å². The van der Waals surface area contributed by atoms with Gasteiger partial charge in [-0.3, -0.25) is 4.98 Å². The first-order chi connectivity index (χ1) is 8.42. The molecular weight excluding hydrogens is 210 g/mol. The van der Waals surface area contributed by atoms with Crippen molar-refractivity contribution >= 4 is 23.1 Å². The molecule has 17 heavy (non-hydrogen) atoms. The van der Waals surface area contributed by atoms with Gasteiger partial charge < -0.3 is 4.42 Å². The molecule has 82 valence electrons. The molecule has 0 aliphatic rings. The Labute approximate surface area is 99.2 Å². The van der Waals surface area contributed by atoms with Gasteiger partial charge in [0.15, 0.2) is 0 Å². The highest BCUT2D eigenvalue weighted by atomic mass is 16.3. The lowest BCUT2D eigenvalue weighted by atomic mass is 10.2. The van der Waals surface area contributed by atoms with E-state index >= 15 is 0 Å². The largest absolute Gasteiger partial charge is 0.457 e. The van der Waals surface area contributed by atoms with Crippen LogP contribution in [0.3, 0.4) is 0 Å². The molecule has 0 radical (unpaired) electrons. The van der Waals surface area contributed by atoms with E-state index < -0.39 is 0 Å². The fourth-order valence-electron chi connectivity index (χ4n) is 1.74. The Kier molecular flexibility index (Phi) is 2.47. The zero-order chi connectivity index (χ0) is 11.5. The van der Waals surface area contributed by atoms with E-state index in [4.69, 9.17) is 4.42 Å². The van der Waals surface area contributed by atoms with Crippen LogP contribution in [0, 0.1) is 0 Å². The number of benzene rings is 1. The van der Waals surface area contributed by atoms with Crippen LogP contribution >= 0.6 is 0 Å². The van der Waals surface area contributed by atoms with Crippen molar-refractivity contribution in [2.24, 2.45) is 0 Å². The SMILES string of the molecule is C(=C\c1cc2ccccc2o1)/c1cccnc1. The molecule has 0 atom stereocenters. The zero-order valence-corrected chi connectivity index (χ0v) is 9.21. The molecule has 0 amide bonds. The van der Waals surface area contributed by atoms with Gasteiger partial charge >= 0.3 is 0 Å². The second-order valence-corrected chi connectivity index (χ2v) is 3.81. The third-order valence-corrected chi connectivity index (χ3v) is 2.57. The Bertz CT molecular complexity index is 620. The van der Waals surface area contributed by atoms with Gasteiger partial charge in [-0.05, 0) is 35.9 Å². The van der Waals surface area contributed by atoms with Gasteiger partial charge in [-0.1, -0.05) is 24.3 Å². The smallest absolute Gasteiger partial charge is 0.134 e. The van der Waals surface area contributed by atoms with Crippen LogP contribution in [0.4, 0.5) is 0 Å². The standard InChI is InChI=1S/C15H11NO/c1-2-6-15-13(5-1)10-14(17-15)8-7-12-4-3-9-16-11-12/h1-11H/b8-7+. The minimum absolute atomic E-state index is 0.857. The number of aromatic nitrogens is 1. The van der Waals surface area contributed by atoms with Crippen molar-refractivity contribution in [3.8, 4) is 0 Å². The van der Waals surface area contributed by atoms with Crippen molar-refractivity contribution in [3.63, 3.8) is 0 Å². The summed E-state index contributed by atoms with van der Waals surface area (Å²) in [5.74, 6) is 0.857. The lowest BCUT2D eigenvalue weighted by Gasteiger charge is -1.89. The summed E-state index contributed by atoms with van der Waals surface area (Å²) in [4.78, 5) is 4.06. The Morgan fingerprint density at radius 2 is 1.94 bits per heavy atom. The number of hydrogen-bond donors (Lipinski definition) is 0. The maximum atomic E-state index is 5.68. The van der Waals surface area contributed by atoms with Gasteiger partial charge in [0.2, 0.25) is 0 Å². The molecule has 3 rings (SSSR count). The van der Waals surface area contributed by atoms with E-state index in [1.807, 2.05) is 60.8 Å². The Balaban J connectivity index is 1.92. The molecule has 0 saturated heterocycles. The first-order valence-electron chi connectivity index (χ1n) is 5.48. The maximum absolute atomic E-state index is 5.68. The van der Waals surface area contributed by atoms with Crippen LogP contribution in [0.2, 0.25) is 0 Å². The lowest BCUT2D eigenvalue weighted by Crippen LogP contribution is -1.72. The molecule has 0 bridgehead atoms. The molecule has 2 heterocycles. The number of fused-ring (bicyclic) bond motifs is 1. The van der Waals surface area contributed by atoms with Crippen LogP contribution < -0.4 is 0 Å². The Hall–Kier alpha value is -2.35. The number of para-hydroxylation sites is 1. The minimum Gasteiger partial charge on any atom is -0.457 e. The van der Waals surface area contributed by atoms with Gasteiger partial charge in [0, 0.05) is 17.8 Å². The molecule has 0 spiro atoms. The first-order valence-corrected chi connectivity index (χ1v) is 5.48. The van der Waals surface area contributed by atoms with E-state index in [1.54, 1.807) is 6.20 Å². The molecule has 2 aromatic heterocycles. The summed E-state index contributed by atoms with van der Waals surface area (Å²) in [6.07, 6.45) is 7.53. The molecule has 0 saturated carbocycles. The maximum Gasteiger partial charge on any atom is 0.134 e. The van der Waals surface area contributed by atoms with Crippen LogP contribution in [0.1, 0.15) is 11.3 Å². The van der Waals surface area contributed by atoms with Crippen molar-refractivity contribution in [2.75, 3.05) is 0 Å². The van der Waals surface area contributed by atoms with Gasteiger partial charge in [0.05, 0.1) is 0 Å². The molecule has 0 aliphatic carbocycles. The van der Waals surface area contributed by atoms with Crippen LogP contribution in [0.15, 0.2) is 59.3 Å². The number of nitrogens with zero attached hydrogens (tertiary/aromatic N) is 1. The highest BCUT2D eigenvalue weighted by Gasteiger charge is 1.98. The summed E-state index contributed by atoms with van der Waals surface area (Å²) in [6, 6.07) is 13.9. The van der Waals surface area contributed by atoms with Crippen molar-refractivity contribution < 1.29 is 4.42 Å². The molecule has 1 aromatic carbocycles. The normalized spacial score (nSPS) is 11.3. The molecule has 0 unspecified atom stereocenters. The second kappa shape index (κ2) is 4.26. The van der Waals surface area contributed by atoms with E-state index in [2.05, 4.69) is 4.98 Å². The van der Waals surface area contributed by atoms with Gasteiger partial charge in [-0.2, -0.15) is 0 Å². The van der Waals surface area contributed by atoms with Crippen molar-refractivity contribution in [1.29, 1.82) is 0 Å². The Morgan fingerprint density at radius 3 is 2.76 bits per heavy atom. The van der Waals surface area contributed by atoms with Crippen LogP contribution in [0.25, 0.3) is 23.1 Å². The van der Waals surface area contributed by atoms with E-state index in [-0.39, 0.29) is 0 Å². The molecular formula is C15H11NO. The third-order valence-electron chi connectivity index (χ3n) is 2.57.